The number of nitrogens with zero attached hydrogens (tertiary/aromatic N) is 1. The number of aliphatic hydroxyl groups is 1. The fourth-order valence-corrected chi connectivity index (χ4v) is 5.33. The highest BCUT2D eigenvalue weighted by molar-refractivity contribution is 6.46. The van der Waals surface area contributed by atoms with Crippen LogP contribution in [0.5, 0.6) is 0 Å². The molecule has 0 radical (unpaired) electrons. The van der Waals surface area contributed by atoms with Gasteiger partial charge in [-0.25, -0.2) is 4.39 Å². The van der Waals surface area contributed by atoms with E-state index in [2.05, 4.69) is 6.92 Å². The van der Waals surface area contributed by atoms with Crippen LogP contribution in [0.2, 0.25) is 0 Å². The SMILES string of the molecule is CCCCCCCCCCCCCCCCN1C(=O)C(=O)/C(=C(\O)c2ccccc2)C1c1ccc(F)cc1. The van der Waals surface area contributed by atoms with Crippen molar-refractivity contribution < 1.29 is 19.1 Å². The summed E-state index contributed by atoms with van der Waals surface area (Å²) in [4.78, 5) is 27.6. The maximum atomic E-state index is 13.6. The van der Waals surface area contributed by atoms with Crippen LogP contribution < -0.4 is 0 Å². The third-order valence-corrected chi connectivity index (χ3v) is 7.53. The second-order valence-electron chi connectivity index (χ2n) is 10.5. The Balaban J connectivity index is 1.50. The lowest BCUT2D eigenvalue weighted by Gasteiger charge is -2.25. The maximum Gasteiger partial charge on any atom is 0.295 e. The zero-order valence-corrected chi connectivity index (χ0v) is 23.0. The Bertz CT molecular complexity index is 1030. The first-order valence-corrected chi connectivity index (χ1v) is 14.6. The number of halogens is 1. The molecule has 0 aliphatic carbocycles. The van der Waals surface area contributed by atoms with E-state index in [0.717, 1.165) is 19.3 Å². The van der Waals surface area contributed by atoms with Gasteiger partial charge in [-0.05, 0) is 24.1 Å². The summed E-state index contributed by atoms with van der Waals surface area (Å²) >= 11 is 0. The van der Waals surface area contributed by atoms with Crippen molar-refractivity contribution in [3.8, 4) is 0 Å². The molecular formula is C33H44FNO3. The fourth-order valence-electron chi connectivity index (χ4n) is 5.33. The van der Waals surface area contributed by atoms with Crippen molar-refractivity contribution in [2.24, 2.45) is 0 Å². The highest BCUT2D eigenvalue weighted by Crippen LogP contribution is 2.39. The van der Waals surface area contributed by atoms with Crippen LogP contribution in [0.15, 0.2) is 60.2 Å². The zero-order valence-electron chi connectivity index (χ0n) is 23.0. The zero-order chi connectivity index (χ0) is 27.2. The summed E-state index contributed by atoms with van der Waals surface area (Å²) in [7, 11) is 0. The van der Waals surface area contributed by atoms with E-state index in [0.29, 0.717) is 17.7 Å². The minimum Gasteiger partial charge on any atom is -0.507 e. The number of aliphatic hydroxyl groups excluding tert-OH is 1. The van der Waals surface area contributed by atoms with Gasteiger partial charge in [0.05, 0.1) is 11.6 Å². The number of rotatable bonds is 17. The molecule has 2 aromatic rings. The molecule has 5 heteroatoms. The lowest BCUT2D eigenvalue weighted by atomic mass is 9.95. The average molecular weight is 522 g/mol. The molecule has 2 aromatic carbocycles. The smallest absolute Gasteiger partial charge is 0.295 e. The van der Waals surface area contributed by atoms with Gasteiger partial charge < -0.3 is 10.0 Å². The third-order valence-electron chi connectivity index (χ3n) is 7.53. The molecule has 1 amide bonds. The van der Waals surface area contributed by atoms with Crippen LogP contribution >= 0.6 is 0 Å². The number of carbonyl (C=O) groups is 2. The molecule has 1 heterocycles. The van der Waals surface area contributed by atoms with E-state index >= 15 is 0 Å². The van der Waals surface area contributed by atoms with E-state index in [-0.39, 0.29) is 17.1 Å². The number of ketones is 1. The second-order valence-corrected chi connectivity index (χ2v) is 10.5. The number of hydrogen-bond acceptors (Lipinski definition) is 3. The first kappa shape index (κ1) is 29.6. The van der Waals surface area contributed by atoms with Crippen LogP contribution in [0.4, 0.5) is 4.39 Å². The first-order chi connectivity index (χ1) is 18.5. The van der Waals surface area contributed by atoms with E-state index in [1.165, 1.54) is 82.8 Å². The molecule has 1 unspecified atom stereocenters. The van der Waals surface area contributed by atoms with E-state index < -0.39 is 17.7 Å². The molecule has 1 saturated heterocycles. The Hall–Kier alpha value is -2.95. The first-order valence-electron chi connectivity index (χ1n) is 14.6. The van der Waals surface area contributed by atoms with E-state index in [4.69, 9.17) is 0 Å². The van der Waals surface area contributed by atoms with Crippen LogP contribution in [-0.2, 0) is 9.59 Å². The highest BCUT2D eigenvalue weighted by Gasteiger charge is 2.45. The lowest BCUT2D eigenvalue weighted by Crippen LogP contribution is -2.30. The van der Waals surface area contributed by atoms with Gasteiger partial charge in [-0.15, -0.1) is 0 Å². The fraction of sp³-hybridized carbons (Fsp3) is 0.515. The van der Waals surface area contributed by atoms with Gasteiger partial charge in [0.1, 0.15) is 11.6 Å². The average Bonchev–Trinajstić information content (AvgIpc) is 3.18. The Kier molecular flexibility index (Phi) is 12.5. The molecule has 3 rings (SSSR count). The quantitative estimate of drug-likeness (QED) is 0.0980. The van der Waals surface area contributed by atoms with Gasteiger partial charge in [-0.3, -0.25) is 9.59 Å². The monoisotopic (exact) mass is 521 g/mol. The van der Waals surface area contributed by atoms with Crippen LogP contribution in [-0.4, -0.2) is 28.2 Å². The summed E-state index contributed by atoms with van der Waals surface area (Å²) in [6, 6.07) is 13.9. The molecule has 4 nitrogen and oxygen atoms in total. The standard InChI is InChI=1S/C33H44FNO3/c1-2-3-4-5-6-7-8-9-10-11-12-13-14-18-25-35-30(26-21-23-28(34)24-22-26)29(32(37)33(35)38)31(36)27-19-16-15-17-20-27/h15-17,19-24,30,36H,2-14,18,25H2,1H3/b31-29-. The van der Waals surface area contributed by atoms with Crippen LogP contribution in [0.3, 0.4) is 0 Å². The Morgan fingerprint density at radius 3 is 1.76 bits per heavy atom. The van der Waals surface area contributed by atoms with E-state index in [1.807, 2.05) is 6.07 Å². The summed E-state index contributed by atoms with van der Waals surface area (Å²) < 4.78 is 13.6. The van der Waals surface area contributed by atoms with Crippen molar-refractivity contribution in [2.75, 3.05) is 6.54 Å². The normalized spacial score (nSPS) is 16.9. The Morgan fingerprint density at radius 1 is 0.737 bits per heavy atom. The largest absolute Gasteiger partial charge is 0.507 e. The molecule has 1 aliphatic heterocycles. The number of carbonyl (C=O) groups excluding carboxylic acids is 2. The third kappa shape index (κ3) is 8.54. The Morgan fingerprint density at radius 2 is 1.24 bits per heavy atom. The van der Waals surface area contributed by atoms with Gasteiger partial charge in [-0.1, -0.05) is 133 Å². The van der Waals surface area contributed by atoms with Gasteiger partial charge in [0.2, 0.25) is 0 Å². The molecule has 0 spiro atoms. The predicted molar refractivity (Wildman–Crippen MR) is 152 cm³/mol. The van der Waals surface area contributed by atoms with E-state index in [1.54, 1.807) is 41.3 Å². The summed E-state index contributed by atoms with van der Waals surface area (Å²) in [5.41, 5.74) is 1.17. The van der Waals surface area contributed by atoms with Crippen LogP contribution in [0.25, 0.3) is 5.76 Å². The topological polar surface area (TPSA) is 57.6 Å². The van der Waals surface area contributed by atoms with Gasteiger partial charge >= 0.3 is 0 Å². The van der Waals surface area contributed by atoms with Gasteiger partial charge in [0, 0.05) is 12.1 Å². The van der Waals surface area contributed by atoms with Crippen molar-refractivity contribution in [2.45, 2.75) is 103 Å². The van der Waals surface area contributed by atoms with Crippen molar-refractivity contribution in [3.05, 3.63) is 77.1 Å². The number of amides is 1. The molecule has 1 aliphatic rings. The summed E-state index contributed by atoms with van der Waals surface area (Å²) in [6.45, 7) is 2.68. The molecule has 38 heavy (non-hydrogen) atoms. The highest BCUT2D eigenvalue weighted by atomic mass is 19.1. The minimum atomic E-state index is -0.724. The predicted octanol–water partition coefficient (Wildman–Crippen LogP) is 8.73. The van der Waals surface area contributed by atoms with Crippen molar-refractivity contribution in [1.29, 1.82) is 0 Å². The van der Waals surface area contributed by atoms with Crippen molar-refractivity contribution in [3.63, 3.8) is 0 Å². The summed E-state index contributed by atoms with van der Waals surface area (Å²) in [6.07, 6.45) is 17.4. The molecular weight excluding hydrogens is 477 g/mol. The lowest BCUT2D eigenvalue weighted by molar-refractivity contribution is -0.139. The summed E-state index contributed by atoms with van der Waals surface area (Å²) in [5, 5.41) is 11.0. The summed E-state index contributed by atoms with van der Waals surface area (Å²) in [5.74, 6) is -1.87. The molecule has 1 N–H and O–H groups in total. The number of likely N-dealkylation sites (tertiary alicyclic amines) is 1. The van der Waals surface area contributed by atoms with Gasteiger partial charge in [0.25, 0.3) is 11.7 Å². The Labute approximate surface area is 227 Å². The molecule has 0 saturated carbocycles. The van der Waals surface area contributed by atoms with Crippen LogP contribution in [0, 0.1) is 5.82 Å². The minimum absolute atomic E-state index is 0.0678. The molecule has 1 fully saturated rings. The second kappa shape index (κ2) is 16.1. The molecule has 0 aromatic heterocycles. The van der Waals surface area contributed by atoms with Crippen molar-refractivity contribution >= 4 is 17.4 Å². The number of hydrogen-bond donors (Lipinski definition) is 1. The van der Waals surface area contributed by atoms with Crippen molar-refractivity contribution in [1.82, 2.24) is 4.90 Å². The van der Waals surface area contributed by atoms with E-state index in [9.17, 15) is 19.1 Å². The van der Waals surface area contributed by atoms with Gasteiger partial charge in [-0.2, -0.15) is 0 Å². The molecule has 1 atom stereocenters. The number of Topliss-reactive ketones (excluding diaryl/α,β-unsaturated/α-hetero) is 1. The maximum absolute atomic E-state index is 13.6. The molecule has 0 bridgehead atoms. The van der Waals surface area contributed by atoms with Gasteiger partial charge in [0.15, 0.2) is 0 Å². The number of unbranched alkanes of at least 4 members (excludes halogenated alkanes) is 13. The number of benzene rings is 2. The molecule has 206 valence electrons. The van der Waals surface area contributed by atoms with Crippen LogP contribution in [0.1, 0.15) is 114 Å².